The van der Waals surface area contributed by atoms with Crippen LogP contribution in [-0.4, -0.2) is 12.8 Å². The number of anilines is 1. The number of nitrogens with one attached hydrogen (secondary N) is 1. The molecule has 0 bridgehead atoms. The van der Waals surface area contributed by atoms with Gasteiger partial charge < -0.3 is 9.73 Å². The van der Waals surface area contributed by atoms with Crippen molar-refractivity contribution in [3.8, 4) is 11.3 Å². The van der Waals surface area contributed by atoms with Crippen LogP contribution in [0.4, 0.5) is 6.01 Å². The summed E-state index contributed by atoms with van der Waals surface area (Å²) in [6, 6.07) is 7.77. The summed E-state index contributed by atoms with van der Waals surface area (Å²) in [6.07, 6.45) is 3.23. The van der Waals surface area contributed by atoms with Crippen LogP contribution in [0, 0.1) is 0 Å². The molecule has 82 valence electrons. The number of benzene rings is 1. The van der Waals surface area contributed by atoms with Crippen molar-refractivity contribution in [3.05, 3.63) is 55.4 Å². The molecule has 1 N–H and O–H groups in total. The Bertz CT molecular complexity index is 543. The van der Waals surface area contributed by atoms with Gasteiger partial charge in [-0.1, -0.05) is 42.9 Å². The van der Waals surface area contributed by atoms with Gasteiger partial charge in [0, 0.05) is 11.3 Å². The van der Waals surface area contributed by atoms with Crippen molar-refractivity contribution in [3.63, 3.8) is 0 Å². The third-order valence-corrected chi connectivity index (χ3v) is 2.21. The van der Waals surface area contributed by atoms with Gasteiger partial charge in [0.2, 0.25) is 0 Å². The molecule has 0 spiro atoms. The maximum absolute atomic E-state index is 5.61. The molecule has 1 heterocycles. The van der Waals surface area contributed by atoms with Crippen LogP contribution in [0.25, 0.3) is 11.3 Å². The Balaban J connectivity index is 2.20. The highest BCUT2D eigenvalue weighted by atomic mass is 16.4. The predicted molar refractivity (Wildman–Crippen MR) is 70.3 cm³/mol. The Hall–Kier alpha value is -2.23. The van der Waals surface area contributed by atoms with Crippen LogP contribution in [0.1, 0.15) is 0 Å². The molecule has 0 unspecified atom stereocenters. The van der Waals surface area contributed by atoms with Crippen molar-refractivity contribution in [2.45, 2.75) is 0 Å². The summed E-state index contributed by atoms with van der Waals surface area (Å²) >= 11 is 0. The molecule has 0 amide bonds. The largest absolute Gasteiger partial charge is 0.423 e. The number of nitrogens with zero attached hydrogens (tertiary/aromatic N) is 1. The molecule has 0 saturated heterocycles. The smallest absolute Gasteiger partial charge is 0.299 e. The number of aromatic nitrogens is 1. The Labute approximate surface area is 101 Å². The highest BCUT2D eigenvalue weighted by molar-refractivity contribution is 6.32. The van der Waals surface area contributed by atoms with Crippen LogP contribution in [0.15, 0.2) is 59.8 Å². The second kappa shape index (κ2) is 4.74. The SMILES string of the molecule is [B]c1ccc(-c2cnc(NC(=C)C=C)o2)cc1. The first kappa shape index (κ1) is 11.3. The molecule has 2 aromatic rings. The summed E-state index contributed by atoms with van der Waals surface area (Å²) in [4.78, 5) is 4.09. The van der Waals surface area contributed by atoms with Gasteiger partial charge in [0.1, 0.15) is 7.85 Å². The van der Waals surface area contributed by atoms with E-state index in [4.69, 9.17) is 12.3 Å². The fourth-order valence-electron chi connectivity index (χ4n) is 1.30. The number of rotatable bonds is 4. The van der Waals surface area contributed by atoms with Crippen molar-refractivity contribution in [2.75, 3.05) is 5.32 Å². The molecular formula is C13H11BN2O. The van der Waals surface area contributed by atoms with Crippen LogP contribution < -0.4 is 10.8 Å². The molecule has 1 aromatic heterocycles. The molecule has 0 aliphatic heterocycles. The Morgan fingerprint density at radius 1 is 1.35 bits per heavy atom. The number of hydrogen-bond acceptors (Lipinski definition) is 3. The second-order valence-electron chi connectivity index (χ2n) is 3.51. The maximum Gasteiger partial charge on any atom is 0.299 e. The van der Waals surface area contributed by atoms with Gasteiger partial charge in [-0.15, -0.1) is 0 Å². The minimum atomic E-state index is 0.390. The lowest BCUT2D eigenvalue weighted by atomic mass is 9.95. The van der Waals surface area contributed by atoms with E-state index in [1.54, 1.807) is 12.3 Å². The van der Waals surface area contributed by atoms with Crippen molar-refractivity contribution < 1.29 is 4.42 Å². The first-order chi connectivity index (χ1) is 8.19. The Morgan fingerprint density at radius 2 is 2.06 bits per heavy atom. The summed E-state index contributed by atoms with van der Waals surface area (Å²) in [5.74, 6) is 0.671. The molecule has 17 heavy (non-hydrogen) atoms. The summed E-state index contributed by atoms with van der Waals surface area (Å²) in [5, 5.41) is 2.88. The van der Waals surface area contributed by atoms with Crippen LogP contribution in [0.3, 0.4) is 0 Å². The first-order valence-electron chi connectivity index (χ1n) is 5.09. The molecule has 0 saturated carbocycles. The van der Waals surface area contributed by atoms with E-state index in [1.807, 2.05) is 24.3 Å². The van der Waals surface area contributed by atoms with E-state index in [1.165, 1.54) is 0 Å². The molecule has 0 atom stereocenters. The quantitative estimate of drug-likeness (QED) is 0.636. The highest BCUT2D eigenvalue weighted by Gasteiger charge is 2.05. The zero-order valence-corrected chi connectivity index (χ0v) is 9.31. The van der Waals surface area contributed by atoms with Crippen LogP contribution in [0.2, 0.25) is 0 Å². The summed E-state index contributed by atoms with van der Waals surface area (Å²) in [7, 11) is 5.61. The maximum atomic E-state index is 5.61. The zero-order chi connectivity index (χ0) is 12.3. The average molecular weight is 222 g/mol. The van der Waals surface area contributed by atoms with Gasteiger partial charge in [-0.3, -0.25) is 0 Å². The third-order valence-electron chi connectivity index (χ3n) is 2.21. The monoisotopic (exact) mass is 222 g/mol. The van der Waals surface area contributed by atoms with Gasteiger partial charge in [0.25, 0.3) is 6.01 Å². The van der Waals surface area contributed by atoms with E-state index in [2.05, 4.69) is 23.5 Å². The van der Waals surface area contributed by atoms with E-state index in [9.17, 15) is 0 Å². The molecule has 2 rings (SSSR count). The van der Waals surface area contributed by atoms with E-state index < -0.39 is 0 Å². The van der Waals surface area contributed by atoms with Crippen LogP contribution >= 0.6 is 0 Å². The van der Waals surface area contributed by atoms with E-state index in [0.717, 1.165) is 5.56 Å². The fourth-order valence-corrected chi connectivity index (χ4v) is 1.30. The second-order valence-corrected chi connectivity index (χ2v) is 3.51. The van der Waals surface area contributed by atoms with Gasteiger partial charge >= 0.3 is 0 Å². The lowest BCUT2D eigenvalue weighted by Crippen LogP contribution is -1.98. The number of allylic oxidation sites excluding steroid dienone is 1. The normalized spacial score (nSPS) is 9.88. The van der Waals surface area contributed by atoms with E-state index in [-0.39, 0.29) is 0 Å². The molecule has 1 aromatic carbocycles. The first-order valence-corrected chi connectivity index (χ1v) is 5.09. The van der Waals surface area contributed by atoms with E-state index >= 15 is 0 Å². The van der Waals surface area contributed by atoms with Gasteiger partial charge in [-0.2, -0.15) is 0 Å². The summed E-state index contributed by atoms with van der Waals surface area (Å²) in [6.45, 7) is 7.30. The number of oxazole rings is 1. The van der Waals surface area contributed by atoms with E-state index in [0.29, 0.717) is 22.9 Å². The number of hydrogen-bond donors (Lipinski definition) is 1. The molecule has 3 nitrogen and oxygen atoms in total. The van der Waals surface area contributed by atoms with Crippen molar-refractivity contribution in [2.24, 2.45) is 0 Å². The lowest BCUT2D eigenvalue weighted by Gasteiger charge is -1.99. The Kier molecular flexibility index (Phi) is 3.14. The lowest BCUT2D eigenvalue weighted by molar-refractivity contribution is 0.590. The van der Waals surface area contributed by atoms with Crippen LogP contribution in [-0.2, 0) is 0 Å². The minimum Gasteiger partial charge on any atom is -0.423 e. The highest BCUT2D eigenvalue weighted by Crippen LogP contribution is 2.22. The van der Waals surface area contributed by atoms with Crippen LogP contribution in [0.5, 0.6) is 0 Å². The molecule has 0 aliphatic rings. The van der Waals surface area contributed by atoms with Gasteiger partial charge in [-0.25, -0.2) is 4.98 Å². The van der Waals surface area contributed by atoms with Gasteiger partial charge in [0.05, 0.1) is 6.20 Å². The zero-order valence-electron chi connectivity index (χ0n) is 9.31. The standard InChI is InChI=1S/C13H11BN2O/c1-3-9(2)16-13-15-8-12(17-13)10-4-6-11(14)7-5-10/h3-8H,1-2H2,(H,15,16). The predicted octanol–water partition coefficient (Wildman–Crippen LogP) is 2.25. The van der Waals surface area contributed by atoms with Gasteiger partial charge in [0.15, 0.2) is 5.76 Å². The average Bonchev–Trinajstić information content (AvgIpc) is 2.78. The third kappa shape index (κ3) is 2.66. The molecular weight excluding hydrogens is 211 g/mol. The van der Waals surface area contributed by atoms with Crippen molar-refractivity contribution in [1.82, 2.24) is 4.98 Å². The summed E-state index contributed by atoms with van der Waals surface area (Å²) in [5.41, 5.74) is 2.27. The van der Waals surface area contributed by atoms with Gasteiger partial charge in [-0.05, 0) is 6.08 Å². The molecule has 0 aliphatic carbocycles. The molecule has 2 radical (unpaired) electrons. The van der Waals surface area contributed by atoms with Crippen molar-refractivity contribution >= 4 is 19.3 Å². The fraction of sp³-hybridized carbons (Fsp3) is 0. The molecule has 4 heteroatoms. The Morgan fingerprint density at radius 3 is 2.71 bits per heavy atom. The topological polar surface area (TPSA) is 38.1 Å². The molecule has 0 fully saturated rings. The minimum absolute atomic E-state index is 0.390. The summed E-state index contributed by atoms with van der Waals surface area (Å²) < 4.78 is 5.51. The van der Waals surface area contributed by atoms with Crippen molar-refractivity contribution in [1.29, 1.82) is 0 Å².